The van der Waals surface area contributed by atoms with Gasteiger partial charge in [0.25, 0.3) is 0 Å². The van der Waals surface area contributed by atoms with Crippen LogP contribution in [0.5, 0.6) is 0 Å². The lowest BCUT2D eigenvalue weighted by molar-refractivity contribution is -0.142. The van der Waals surface area contributed by atoms with Crippen LogP contribution in [0.1, 0.15) is 18.9 Å². The monoisotopic (exact) mass is 367 g/mol. The number of hydrogen-bond donors (Lipinski definition) is 2. The number of carboxylic acid groups (broad SMARTS) is 1. The maximum Gasteiger partial charge on any atom is 0.334 e. The molecule has 110 valence electrons. The van der Waals surface area contributed by atoms with Crippen molar-refractivity contribution in [1.29, 1.82) is 0 Å². The Morgan fingerprint density at radius 2 is 2.00 bits per heavy atom. The minimum absolute atomic E-state index is 0.379. The van der Waals surface area contributed by atoms with E-state index in [1.165, 1.54) is 0 Å². The molecule has 1 atom stereocenters. The first-order chi connectivity index (χ1) is 9.99. The lowest BCUT2D eigenvalue weighted by atomic mass is 9.87. The molecular weight excluding hydrogens is 354 g/mol. The molecular formula is C16H15BrClNO2. The average molecular weight is 369 g/mol. The van der Waals surface area contributed by atoms with Gasteiger partial charge in [-0.1, -0.05) is 42.8 Å². The Labute approximate surface area is 137 Å². The topological polar surface area (TPSA) is 49.3 Å². The molecule has 0 aliphatic heterocycles. The summed E-state index contributed by atoms with van der Waals surface area (Å²) >= 11 is 9.45. The lowest BCUT2D eigenvalue weighted by Gasteiger charge is -2.31. The molecule has 0 saturated heterocycles. The minimum Gasteiger partial charge on any atom is -0.479 e. The van der Waals surface area contributed by atoms with Crippen molar-refractivity contribution >= 4 is 39.2 Å². The predicted molar refractivity (Wildman–Crippen MR) is 88.8 cm³/mol. The van der Waals surface area contributed by atoms with Gasteiger partial charge in [0, 0.05) is 15.2 Å². The van der Waals surface area contributed by atoms with E-state index in [2.05, 4.69) is 21.2 Å². The van der Waals surface area contributed by atoms with Crippen molar-refractivity contribution < 1.29 is 9.90 Å². The lowest BCUT2D eigenvalue weighted by Crippen LogP contribution is -2.43. The maximum absolute atomic E-state index is 12.0. The summed E-state index contributed by atoms with van der Waals surface area (Å²) in [5.41, 5.74) is 0.122. The van der Waals surface area contributed by atoms with Crippen LogP contribution >= 0.6 is 27.5 Å². The van der Waals surface area contributed by atoms with E-state index in [1.54, 1.807) is 24.3 Å². The fourth-order valence-corrected chi connectivity index (χ4v) is 2.81. The van der Waals surface area contributed by atoms with Gasteiger partial charge in [-0.25, -0.2) is 4.79 Å². The fourth-order valence-electron chi connectivity index (χ4n) is 2.24. The number of anilines is 1. The van der Waals surface area contributed by atoms with Crippen LogP contribution in [-0.2, 0) is 10.3 Å². The number of benzene rings is 2. The summed E-state index contributed by atoms with van der Waals surface area (Å²) in [5, 5.41) is 13.5. The van der Waals surface area contributed by atoms with E-state index in [1.807, 2.05) is 31.2 Å². The van der Waals surface area contributed by atoms with Crippen molar-refractivity contribution in [2.75, 3.05) is 5.32 Å². The molecule has 0 bridgehead atoms. The van der Waals surface area contributed by atoms with Gasteiger partial charge in [-0.05, 0) is 52.2 Å². The predicted octanol–water partition coefficient (Wildman–Crippen LogP) is 4.90. The molecule has 0 aromatic heterocycles. The molecule has 2 rings (SSSR count). The fraction of sp³-hybridized carbons (Fsp3) is 0.188. The summed E-state index contributed by atoms with van der Waals surface area (Å²) < 4.78 is 0.811. The molecule has 3 nitrogen and oxygen atoms in total. The van der Waals surface area contributed by atoms with Crippen molar-refractivity contribution in [2.24, 2.45) is 0 Å². The minimum atomic E-state index is -1.23. The molecule has 0 radical (unpaired) electrons. The van der Waals surface area contributed by atoms with E-state index in [-0.39, 0.29) is 0 Å². The summed E-state index contributed by atoms with van der Waals surface area (Å²) in [6.45, 7) is 1.83. The van der Waals surface area contributed by atoms with Crippen molar-refractivity contribution in [2.45, 2.75) is 18.9 Å². The number of hydrogen-bond acceptors (Lipinski definition) is 2. The second-order valence-corrected chi connectivity index (χ2v) is 5.97. The Kier molecular flexibility index (Phi) is 4.91. The van der Waals surface area contributed by atoms with Crippen LogP contribution in [-0.4, -0.2) is 11.1 Å². The Bertz CT molecular complexity index is 662. The van der Waals surface area contributed by atoms with E-state index in [0.29, 0.717) is 17.0 Å². The highest BCUT2D eigenvalue weighted by molar-refractivity contribution is 9.10. The standard InChI is InChI=1S/C16H15BrClNO2/c1-2-16(15(20)21,11-6-5-7-12(18)10-11)19-14-9-4-3-8-13(14)17/h3-10,19H,2H2,1H3,(H,20,21). The van der Waals surface area contributed by atoms with Crippen LogP contribution in [0.3, 0.4) is 0 Å². The van der Waals surface area contributed by atoms with E-state index < -0.39 is 11.5 Å². The van der Waals surface area contributed by atoms with Crippen molar-refractivity contribution in [3.8, 4) is 0 Å². The van der Waals surface area contributed by atoms with Crippen molar-refractivity contribution in [3.63, 3.8) is 0 Å². The third-order valence-corrected chi connectivity index (χ3v) is 4.36. The Morgan fingerprint density at radius 3 is 2.57 bits per heavy atom. The molecule has 1 unspecified atom stereocenters. The van der Waals surface area contributed by atoms with Crippen LogP contribution in [0.25, 0.3) is 0 Å². The summed E-state index contributed by atoms with van der Waals surface area (Å²) in [7, 11) is 0. The summed E-state index contributed by atoms with van der Waals surface area (Å²) in [4.78, 5) is 12.0. The molecule has 21 heavy (non-hydrogen) atoms. The number of aliphatic carboxylic acids is 1. The molecule has 2 aromatic carbocycles. The van der Waals surface area contributed by atoms with E-state index in [0.717, 1.165) is 10.2 Å². The zero-order valence-corrected chi connectivity index (χ0v) is 13.8. The molecule has 2 N–H and O–H groups in total. The zero-order valence-electron chi connectivity index (χ0n) is 11.4. The second-order valence-electron chi connectivity index (χ2n) is 4.68. The van der Waals surface area contributed by atoms with Gasteiger partial charge in [0.15, 0.2) is 5.54 Å². The molecule has 0 amide bonds. The Hall–Kier alpha value is -1.52. The first kappa shape index (κ1) is 15.9. The summed E-state index contributed by atoms with van der Waals surface area (Å²) in [5.74, 6) is -0.942. The van der Waals surface area contributed by atoms with Gasteiger partial charge >= 0.3 is 5.97 Å². The first-order valence-electron chi connectivity index (χ1n) is 6.52. The van der Waals surface area contributed by atoms with Gasteiger partial charge in [0.1, 0.15) is 0 Å². The van der Waals surface area contributed by atoms with Crippen LogP contribution < -0.4 is 5.32 Å². The highest BCUT2D eigenvalue weighted by atomic mass is 79.9. The number of carbonyl (C=O) groups is 1. The number of para-hydroxylation sites is 1. The van der Waals surface area contributed by atoms with Gasteiger partial charge in [0.05, 0.1) is 0 Å². The first-order valence-corrected chi connectivity index (χ1v) is 7.69. The van der Waals surface area contributed by atoms with Gasteiger partial charge in [-0.15, -0.1) is 0 Å². The van der Waals surface area contributed by atoms with Crippen LogP contribution in [0.4, 0.5) is 5.69 Å². The Morgan fingerprint density at radius 1 is 1.29 bits per heavy atom. The molecule has 0 spiro atoms. The van der Waals surface area contributed by atoms with Crippen molar-refractivity contribution in [1.82, 2.24) is 0 Å². The normalized spacial score (nSPS) is 13.5. The van der Waals surface area contributed by atoms with Gasteiger partial charge < -0.3 is 10.4 Å². The van der Waals surface area contributed by atoms with Crippen LogP contribution in [0.15, 0.2) is 53.0 Å². The number of halogens is 2. The van der Waals surface area contributed by atoms with Gasteiger partial charge in [-0.3, -0.25) is 0 Å². The highest BCUT2D eigenvalue weighted by Crippen LogP contribution is 2.34. The van der Waals surface area contributed by atoms with Crippen LogP contribution in [0.2, 0.25) is 5.02 Å². The number of nitrogens with one attached hydrogen (secondary N) is 1. The van der Waals surface area contributed by atoms with E-state index in [4.69, 9.17) is 11.6 Å². The van der Waals surface area contributed by atoms with E-state index in [9.17, 15) is 9.90 Å². The molecule has 5 heteroatoms. The maximum atomic E-state index is 12.0. The second kappa shape index (κ2) is 6.50. The SMILES string of the molecule is CCC(Nc1ccccc1Br)(C(=O)O)c1cccc(Cl)c1. The molecule has 0 aliphatic rings. The quantitative estimate of drug-likeness (QED) is 0.789. The highest BCUT2D eigenvalue weighted by Gasteiger charge is 2.39. The molecule has 0 fully saturated rings. The van der Waals surface area contributed by atoms with Crippen molar-refractivity contribution in [3.05, 3.63) is 63.6 Å². The van der Waals surface area contributed by atoms with E-state index >= 15 is 0 Å². The summed E-state index contributed by atoms with van der Waals surface area (Å²) in [6.07, 6.45) is 0.379. The molecule has 0 aliphatic carbocycles. The van der Waals surface area contributed by atoms with Gasteiger partial charge in [0.2, 0.25) is 0 Å². The smallest absolute Gasteiger partial charge is 0.334 e. The third kappa shape index (κ3) is 3.22. The molecule has 0 heterocycles. The van der Waals surface area contributed by atoms with Gasteiger partial charge in [-0.2, -0.15) is 0 Å². The average Bonchev–Trinajstić information content (AvgIpc) is 2.46. The van der Waals surface area contributed by atoms with Crippen LogP contribution in [0, 0.1) is 0 Å². The number of rotatable bonds is 5. The third-order valence-electron chi connectivity index (χ3n) is 3.43. The number of carboxylic acids is 1. The largest absolute Gasteiger partial charge is 0.479 e. The molecule has 0 saturated carbocycles. The molecule has 2 aromatic rings. The Balaban J connectivity index is 2.53. The zero-order chi connectivity index (χ0) is 15.5. The summed E-state index contributed by atoms with van der Waals surface area (Å²) in [6, 6.07) is 14.4.